The lowest BCUT2D eigenvalue weighted by molar-refractivity contribution is -0.0112. The third kappa shape index (κ3) is 3.71. The van der Waals surface area contributed by atoms with E-state index >= 15 is 0 Å². The smallest absolute Gasteiger partial charge is 0.392 e. The fourth-order valence-corrected chi connectivity index (χ4v) is 3.68. The number of rotatable bonds is 5. The summed E-state index contributed by atoms with van der Waals surface area (Å²) in [6, 6.07) is 0. The van der Waals surface area contributed by atoms with Crippen LogP contribution in [0, 0.1) is 0 Å². The molecule has 1 aliphatic heterocycles. The quantitative estimate of drug-likeness (QED) is 0.537. The van der Waals surface area contributed by atoms with Crippen molar-refractivity contribution in [2.45, 2.75) is 25.1 Å². The highest BCUT2D eigenvalue weighted by Gasteiger charge is 2.55. The van der Waals surface area contributed by atoms with Crippen LogP contribution in [0.25, 0.3) is 0 Å². The fourth-order valence-electron chi connectivity index (χ4n) is 1.33. The Morgan fingerprint density at radius 3 is 2.47 bits per heavy atom. The van der Waals surface area contributed by atoms with Crippen LogP contribution < -0.4 is 5.32 Å². The molecular formula is C8H19NO6SSi. The van der Waals surface area contributed by atoms with Gasteiger partial charge in [0.05, 0.1) is 13.2 Å². The van der Waals surface area contributed by atoms with E-state index in [1.165, 1.54) is 0 Å². The summed E-state index contributed by atoms with van der Waals surface area (Å²) in [5, 5.41) is 11.9. The first kappa shape index (κ1) is 15.0. The van der Waals surface area contributed by atoms with Crippen molar-refractivity contribution >= 4 is 18.6 Å². The van der Waals surface area contributed by atoms with Gasteiger partial charge in [-0.1, -0.05) is 13.8 Å². The Hall–Kier alpha value is -0.0331. The van der Waals surface area contributed by atoms with Gasteiger partial charge < -0.3 is 18.8 Å². The summed E-state index contributed by atoms with van der Waals surface area (Å²) in [5.74, 6) is -0.348. The first-order valence-electron chi connectivity index (χ1n) is 5.23. The van der Waals surface area contributed by atoms with E-state index in [1.807, 2.05) is 0 Å². The van der Waals surface area contributed by atoms with Crippen LogP contribution in [0.2, 0.25) is 5.54 Å². The zero-order chi connectivity index (χ0) is 13.3. The number of aliphatic hydroxyl groups excluding tert-OH is 1. The Morgan fingerprint density at radius 2 is 2.12 bits per heavy atom. The molecule has 102 valence electrons. The van der Waals surface area contributed by atoms with E-state index in [2.05, 4.69) is 5.32 Å². The second kappa shape index (κ2) is 4.92. The highest BCUT2D eigenvalue weighted by atomic mass is 32.2. The van der Waals surface area contributed by atoms with Gasteiger partial charge in [-0.2, -0.15) is 0 Å². The van der Waals surface area contributed by atoms with Crippen molar-refractivity contribution in [2.75, 3.05) is 25.3 Å². The first-order chi connectivity index (χ1) is 7.63. The van der Waals surface area contributed by atoms with E-state index in [0.29, 0.717) is 0 Å². The third-order valence-electron chi connectivity index (χ3n) is 2.50. The van der Waals surface area contributed by atoms with Crippen molar-refractivity contribution in [3.05, 3.63) is 0 Å². The molecule has 0 aromatic heterocycles. The Balaban J connectivity index is 2.73. The van der Waals surface area contributed by atoms with Crippen molar-refractivity contribution in [1.82, 2.24) is 5.32 Å². The molecule has 1 fully saturated rings. The van der Waals surface area contributed by atoms with Crippen molar-refractivity contribution in [1.29, 1.82) is 0 Å². The zero-order valence-electron chi connectivity index (χ0n) is 10.1. The van der Waals surface area contributed by atoms with Crippen LogP contribution in [0.15, 0.2) is 0 Å². The van der Waals surface area contributed by atoms with Crippen LogP contribution >= 0.6 is 0 Å². The molecule has 1 saturated heterocycles. The fraction of sp³-hybridized carbons (Fsp3) is 1.00. The molecule has 0 bridgehead atoms. The maximum atomic E-state index is 11.0. The van der Waals surface area contributed by atoms with Crippen LogP contribution in [0.4, 0.5) is 0 Å². The largest absolute Gasteiger partial charge is 0.502 e. The second-order valence-corrected chi connectivity index (χ2v) is 9.62. The van der Waals surface area contributed by atoms with Gasteiger partial charge in [0.1, 0.15) is 5.88 Å². The minimum absolute atomic E-state index is 0.0695. The summed E-state index contributed by atoms with van der Waals surface area (Å²) >= 11 is 0. The molecule has 7 nitrogen and oxygen atoms in total. The Labute approximate surface area is 102 Å². The minimum atomic E-state index is -3.33. The van der Waals surface area contributed by atoms with Gasteiger partial charge in [-0.05, 0) is 0 Å². The summed E-state index contributed by atoms with van der Waals surface area (Å²) in [5.41, 5.74) is -1.54. The lowest BCUT2D eigenvalue weighted by Crippen LogP contribution is -2.55. The number of hydrogen-bond acceptors (Lipinski definition) is 7. The summed E-state index contributed by atoms with van der Waals surface area (Å²) in [6.45, 7) is 2.96. The molecule has 2 unspecified atom stereocenters. The van der Waals surface area contributed by atoms with Gasteiger partial charge in [0.25, 0.3) is 0 Å². The molecular weight excluding hydrogens is 266 g/mol. The third-order valence-corrected chi connectivity index (χ3v) is 5.86. The zero-order valence-corrected chi connectivity index (χ0v) is 12.0. The van der Waals surface area contributed by atoms with Gasteiger partial charge in [-0.25, -0.2) is 8.42 Å². The molecule has 0 aromatic rings. The molecule has 1 rings (SSSR count). The number of nitrogens with one attached hydrogen (secondary N) is 1. The van der Waals surface area contributed by atoms with Gasteiger partial charge >= 0.3 is 8.80 Å². The maximum absolute atomic E-state index is 11.0. The Bertz CT molecular complexity index is 374. The van der Waals surface area contributed by atoms with Gasteiger partial charge in [0.15, 0.2) is 15.6 Å². The highest BCUT2D eigenvalue weighted by Crippen LogP contribution is 2.32. The van der Waals surface area contributed by atoms with Crippen molar-refractivity contribution in [3.8, 4) is 0 Å². The molecule has 0 radical (unpaired) electrons. The van der Waals surface area contributed by atoms with Crippen LogP contribution in [0.1, 0.15) is 13.8 Å². The van der Waals surface area contributed by atoms with E-state index in [0.717, 1.165) is 6.26 Å². The van der Waals surface area contributed by atoms with Crippen molar-refractivity contribution in [3.63, 3.8) is 0 Å². The summed E-state index contributed by atoms with van der Waals surface area (Å²) < 4.78 is 32.7. The molecule has 17 heavy (non-hydrogen) atoms. The number of hydrogen-bond donors (Lipinski definition) is 3. The van der Waals surface area contributed by atoms with E-state index in [9.17, 15) is 18.3 Å². The molecule has 2 atom stereocenters. The molecule has 9 heteroatoms. The van der Waals surface area contributed by atoms with Gasteiger partial charge in [0, 0.05) is 11.8 Å². The van der Waals surface area contributed by atoms with Crippen LogP contribution in [-0.4, -0.2) is 58.2 Å². The number of aliphatic hydroxyl groups is 1. The standard InChI is InChI=1S/C8H19NO6SSi/c1-7(2)17(13)14-5-8(4-10,15-17)9-6-16(3,11)12/h7,9-10,13H,4-6H2,1-3H3. The SMILES string of the molecule is CC(C)[Si]1(O)OCC(CO)(NCS(C)(=O)=O)O1. The predicted octanol–water partition coefficient (Wildman–Crippen LogP) is -1.35. The van der Waals surface area contributed by atoms with Crippen molar-refractivity contribution in [2.24, 2.45) is 0 Å². The predicted molar refractivity (Wildman–Crippen MR) is 62.8 cm³/mol. The Morgan fingerprint density at radius 1 is 1.53 bits per heavy atom. The summed E-state index contributed by atoms with van der Waals surface area (Å²) in [4.78, 5) is 10.1. The van der Waals surface area contributed by atoms with Crippen molar-refractivity contribution < 1.29 is 27.2 Å². The lowest BCUT2D eigenvalue weighted by Gasteiger charge is -2.28. The molecule has 0 aromatic carbocycles. The van der Waals surface area contributed by atoms with E-state index < -0.39 is 31.0 Å². The summed E-state index contributed by atoms with van der Waals surface area (Å²) in [6.07, 6.45) is 1.06. The normalized spacial score (nSPS) is 34.5. The Kier molecular flexibility index (Phi) is 4.35. The minimum Gasteiger partial charge on any atom is -0.392 e. The van der Waals surface area contributed by atoms with Gasteiger partial charge in [-0.15, -0.1) is 0 Å². The molecule has 0 saturated carbocycles. The number of sulfone groups is 1. The molecule has 0 amide bonds. The molecule has 0 spiro atoms. The average Bonchev–Trinajstić information content (AvgIpc) is 2.55. The van der Waals surface area contributed by atoms with E-state index in [4.69, 9.17) is 8.85 Å². The van der Waals surface area contributed by atoms with Crippen LogP contribution in [0.5, 0.6) is 0 Å². The van der Waals surface area contributed by atoms with Crippen LogP contribution in [-0.2, 0) is 18.7 Å². The van der Waals surface area contributed by atoms with E-state index in [1.54, 1.807) is 13.8 Å². The maximum Gasteiger partial charge on any atom is 0.502 e. The van der Waals surface area contributed by atoms with Gasteiger partial charge in [-0.3, -0.25) is 5.32 Å². The molecule has 1 aliphatic rings. The topological polar surface area (TPSA) is 105 Å². The second-order valence-electron chi connectivity index (χ2n) is 4.58. The summed E-state index contributed by atoms with van der Waals surface area (Å²) in [7, 11) is -6.57. The van der Waals surface area contributed by atoms with Crippen LogP contribution in [0.3, 0.4) is 0 Å². The van der Waals surface area contributed by atoms with Gasteiger partial charge in [0.2, 0.25) is 0 Å². The monoisotopic (exact) mass is 285 g/mol. The lowest BCUT2D eigenvalue weighted by atomic mass is 10.3. The first-order valence-corrected chi connectivity index (χ1v) is 9.13. The highest BCUT2D eigenvalue weighted by molar-refractivity contribution is 7.90. The molecule has 3 N–H and O–H groups in total. The molecule has 1 heterocycles. The van der Waals surface area contributed by atoms with E-state index in [-0.39, 0.29) is 18.0 Å². The average molecular weight is 285 g/mol. The molecule has 0 aliphatic carbocycles.